The minimum Gasteiger partial charge on any atom is -0.368 e. The van der Waals surface area contributed by atoms with Crippen LogP contribution in [-0.4, -0.2) is 42.0 Å². The molecule has 120 valence electrons. The summed E-state index contributed by atoms with van der Waals surface area (Å²) in [5.41, 5.74) is 4.10. The first-order chi connectivity index (χ1) is 11.0. The van der Waals surface area contributed by atoms with Crippen molar-refractivity contribution in [1.82, 2.24) is 9.88 Å². The van der Waals surface area contributed by atoms with Gasteiger partial charge in [0.05, 0.1) is 5.56 Å². The van der Waals surface area contributed by atoms with Gasteiger partial charge in [0.15, 0.2) is 0 Å². The lowest BCUT2D eigenvalue weighted by molar-refractivity contribution is 0.0746. The first-order valence-corrected chi connectivity index (χ1v) is 7.85. The van der Waals surface area contributed by atoms with E-state index < -0.39 is 0 Å². The quantitative estimate of drug-likeness (QED) is 0.922. The highest BCUT2D eigenvalue weighted by Crippen LogP contribution is 2.23. The maximum atomic E-state index is 12.5. The lowest BCUT2D eigenvalue weighted by Crippen LogP contribution is -2.49. The fourth-order valence-electron chi connectivity index (χ4n) is 2.94. The number of H-pyrrole nitrogens is 1. The number of pyridine rings is 1. The first kappa shape index (κ1) is 15.3. The molecule has 5 nitrogen and oxygen atoms in total. The average molecular weight is 311 g/mol. The number of aryl methyl sites for hydroxylation is 2. The summed E-state index contributed by atoms with van der Waals surface area (Å²) in [5.74, 6) is -0.0261. The fraction of sp³-hybridized carbons (Fsp3) is 0.333. The number of piperazine rings is 1. The van der Waals surface area contributed by atoms with E-state index in [1.807, 2.05) is 4.90 Å². The van der Waals surface area contributed by atoms with Crippen LogP contribution in [0.1, 0.15) is 21.5 Å². The van der Waals surface area contributed by atoms with Gasteiger partial charge in [-0.1, -0.05) is 12.1 Å². The highest BCUT2D eigenvalue weighted by Gasteiger charge is 2.23. The maximum Gasteiger partial charge on any atom is 0.255 e. The molecule has 1 amide bonds. The Hall–Kier alpha value is -2.56. The molecule has 1 N–H and O–H groups in total. The van der Waals surface area contributed by atoms with Crippen LogP contribution in [0.2, 0.25) is 0 Å². The number of carbonyl (C=O) groups is 1. The SMILES string of the molecule is Cc1ccc(C)c(N2CCN(C(=O)c3ccc(=O)[nH]c3)CC2)c1. The van der Waals surface area contributed by atoms with Crippen molar-refractivity contribution in [2.24, 2.45) is 0 Å². The Morgan fingerprint density at radius 3 is 2.43 bits per heavy atom. The smallest absolute Gasteiger partial charge is 0.255 e. The van der Waals surface area contributed by atoms with Gasteiger partial charge in [-0.05, 0) is 37.1 Å². The number of aromatic nitrogens is 1. The summed E-state index contributed by atoms with van der Waals surface area (Å²) in [6.07, 6.45) is 1.49. The molecule has 1 saturated heterocycles. The second-order valence-electron chi connectivity index (χ2n) is 6.01. The summed E-state index contributed by atoms with van der Waals surface area (Å²) in [6, 6.07) is 9.43. The van der Waals surface area contributed by atoms with Crippen molar-refractivity contribution < 1.29 is 4.79 Å². The molecule has 0 radical (unpaired) electrons. The van der Waals surface area contributed by atoms with E-state index in [4.69, 9.17) is 0 Å². The standard InChI is InChI=1S/C18H21N3O2/c1-13-3-4-14(2)16(11-13)20-7-9-21(10-8-20)18(23)15-5-6-17(22)19-12-15/h3-6,11-12H,7-10H2,1-2H3,(H,19,22). The van der Waals surface area contributed by atoms with E-state index in [-0.39, 0.29) is 11.5 Å². The van der Waals surface area contributed by atoms with Crippen LogP contribution >= 0.6 is 0 Å². The number of benzene rings is 1. The van der Waals surface area contributed by atoms with Gasteiger partial charge in [-0.25, -0.2) is 0 Å². The second kappa shape index (κ2) is 6.28. The van der Waals surface area contributed by atoms with Crippen LogP contribution in [0.3, 0.4) is 0 Å². The lowest BCUT2D eigenvalue weighted by atomic mass is 10.1. The van der Waals surface area contributed by atoms with Crippen LogP contribution in [0, 0.1) is 13.8 Å². The van der Waals surface area contributed by atoms with Crippen molar-refractivity contribution in [2.75, 3.05) is 31.1 Å². The molecule has 0 unspecified atom stereocenters. The van der Waals surface area contributed by atoms with Crippen LogP contribution in [0.15, 0.2) is 41.3 Å². The molecule has 1 aliphatic heterocycles. The number of hydrogen-bond donors (Lipinski definition) is 1. The zero-order valence-corrected chi connectivity index (χ0v) is 13.5. The van der Waals surface area contributed by atoms with Crippen molar-refractivity contribution in [1.29, 1.82) is 0 Å². The zero-order valence-electron chi connectivity index (χ0n) is 13.5. The summed E-state index contributed by atoms with van der Waals surface area (Å²) in [4.78, 5) is 30.3. The van der Waals surface area contributed by atoms with Gasteiger partial charge in [-0.3, -0.25) is 9.59 Å². The molecule has 2 aromatic rings. The predicted molar refractivity (Wildman–Crippen MR) is 91.1 cm³/mol. The summed E-state index contributed by atoms with van der Waals surface area (Å²) >= 11 is 0. The van der Waals surface area contributed by atoms with Crippen LogP contribution in [0.5, 0.6) is 0 Å². The van der Waals surface area contributed by atoms with Crippen molar-refractivity contribution >= 4 is 11.6 Å². The number of rotatable bonds is 2. The molecule has 0 bridgehead atoms. The number of nitrogens with zero attached hydrogens (tertiary/aromatic N) is 2. The number of aromatic amines is 1. The summed E-state index contributed by atoms with van der Waals surface area (Å²) in [5, 5.41) is 0. The first-order valence-electron chi connectivity index (χ1n) is 7.85. The average Bonchev–Trinajstić information content (AvgIpc) is 2.57. The molecule has 1 aromatic heterocycles. The molecule has 2 heterocycles. The Morgan fingerprint density at radius 1 is 1.04 bits per heavy atom. The maximum absolute atomic E-state index is 12.5. The zero-order chi connectivity index (χ0) is 16.4. The van der Waals surface area contributed by atoms with Gasteiger partial charge in [0.25, 0.3) is 5.91 Å². The molecule has 0 saturated carbocycles. The number of carbonyl (C=O) groups excluding carboxylic acids is 1. The molecule has 1 aliphatic rings. The van der Waals surface area contributed by atoms with Gasteiger partial charge < -0.3 is 14.8 Å². The minimum absolute atomic E-state index is 0.0261. The van der Waals surface area contributed by atoms with Gasteiger partial charge >= 0.3 is 0 Å². The number of amides is 1. The molecule has 23 heavy (non-hydrogen) atoms. The van der Waals surface area contributed by atoms with E-state index in [0.29, 0.717) is 18.7 Å². The molecule has 0 atom stereocenters. The Kier molecular flexibility index (Phi) is 4.19. The molecular weight excluding hydrogens is 290 g/mol. The largest absolute Gasteiger partial charge is 0.368 e. The topological polar surface area (TPSA) is 56.4 Å². The van der Waals surface area contributed by atoms with Crippen molar-refractivity contribution in [3.8, 4) is 0 Å². The Labute approximate surface area is 135 Å². The number of anilines is 1. The third-order valence-corrected chi connectivity index (χ3v) is 4.30. The fourth-order valence-corrected chi connectivity index (χ4v) is 2.94. The molecule has 1 fully saturated rings. The monoisotopic (exact) mass is 311 g/mol. The predicted octanol–water partition coefficient (Wildman–Crippen LogP) is 1.95. The molecular formula is C18H21N3O2. The van der Waals surface area contributed by atoms with Crippen LogP contribution in [-0.2, 0) is 0 Å². The number of hydrogen-bond acceptors (Lipinski definition) is 3. The second-order valence-corrected chi connectivity index (χ2v) is 6.01. The van der Waals surface area contributed by atoms with E-state index in [2.05, 4.69) is 41.9 Å². The molecule has 1 aromatic carbocycles. The molecule has 0 spiro atoms. The van der Waals surface area contributed by atoms with Crippen LogP contribution < -0.4 is 10.5 Å². The highest BCUT2D eigenvalue weighted by atomic mass is 16.2. The summed E-state index contributed by atoms with van der Waals surface area (Å²) < 4.78 is 0. The highest BCUT2D eigenvalue weighted by molar-refractivity contribution is 5.94. The molecule has 3 rings (SSSR count). The van der Waals surface area contributed by atoms with Crippen molar-refractivity contribution in [3.05, 3.63) is 63.6 Å². The van der Waals surface area contributed by atoms with Gasteiger partial charge in [0.2, 0.25) is 5.56 Å². The van der Waals surface area contributed by atoms with Crippen LogP contribution in [0.25, 0.3) is 0 Å². The van der Waals surface area contributed by atoms with E-state index >= 15 is 0 Å². The molecule has 5 heteroatoms. The third-order valence-electron chi connectivity index (χ3n) is 4.30. The summed E-state index contributed by atoms with van der Waals surface area (Å²) in [7, 11) is 0. The van der Waals surface area contributed by atoms with E-state index in [1.165, 1.54) is 29.1 Å². The van der Waals surface area contributed by atoms with E-state index in [9.17, 15) is 9.59 Å². The Morgan fingerprint density at radius 2 is 1.78 bits per heavy atom. The van der Waals surface area contributed by atoms with Crippen molar-refractivity contribution in [2.45, 2.75) is 13.8 Å². The minimum atomic E-state index is -0.193. The lowest BCUT2D eigenvalue weighted by Gasteiger charge is -2.37. The van der Waals surface area contributed by atoms with Gasteiger partial charge in [-0.15, -0.1) is 0 Å². The number of nitrogens with one attached hydrogen (secondary N) is 1. The third kappa shape index (κ3) is 3.28. The van der Waals surface area contributed by atoms with Crippen LogP contribution in [0.4, 0.5) is 5.69 Å². The van der Waals surface area contributed by atoms with Gasteiger partial charge in [-0.2, -0.15) is 0 Å². The van der Waals surface area contributed by atoms with E-state index in [0.717, 1.165) is 13.1 Å². The van der Waals surface area contributed by atoms with Crippen molar-refractivity contribution in [3.63, 3.8) is 0 Å². The summed E-state index contributed by atoms with van der Waals surface area (Å²) in [6.45, 7) is 7.22. The van der Waals surface area contributed by atoms with Gasteiger partial charge in [0.1, 0.15) is 0 Å². The molecule has 0 aliphatic carbocycles. The van der Waals surface area contributed by atoms with E-state index in [1.54, 1.807) is 6.07 Å². The van der Waals surface area contributed by atoms with Gasteiger partial charge in [0, 0.05) is 44.1 Å². The Bertz CT molecular complexity index is 754. The normalized spacial score (nSPS) is 14.9. The Balaban J connectivity index is 1.68.